The molecule has 1 aromatic heterocycles. The SMILES string of the molecule is COC(=O)C(=Cc1ccc([N+](=O)[O-])o1)C(=O)OC. The summed E-state index contributed by atoms with van der Waals surface area (Å²) < 4.78 is 13.5. The van der Waals surface area contributed by atoms with Gasteiger partial charge in [0.1, 0.15) is 16.3 Å². The summed E-state index contributed by atoms with van der Waals surface area (Å²) in [6, 6.07) is 2.34. The molecule has 1 heterocycles. The highest BCUT2D eigenvalue weighted by Gasteiger charge is 2.21. The maximum absolute atomic E-state index is 11.3. The van der Waals surface area contributed by atoms with Crippen molar-refractivity contribution in [1.82, 2.24) is 0 Å². The molecule has 0 aliphatic heterocycles. The highest BCUT2D eigenvalue weighted by atomic mass is 16.6. The summed E-state index contributed by atoms with van der Waals surface area (Å²) in [5, 5.41) is 10.4. The van der Waals surface area contributed by atoms with Gasteiger partial charge in [-0.1, -0.05) is 0 Å². The number of rotatable bonds is 4. The molecule has 0 aliphatic rings. The first-order valence-electron chi connectivity index (χ1n) is 4.62. The number of hydrogen-bond donors (Lipinski definition) is 0. The number of esters is 2. The molecule has 8 heteroatoms. The van der Waals surface area contributed by atoms with E-state index in [2.05, 4.69) is 9.47 Å². The molecule has 0 bridgehead atoms. The third-order valence-corrected chi connectivity index (χ3v) is 1.89. The molecule has 0 aromatic carbocycles. The minimum Gasteiger partial charge on any atom is -0.465 e. The first kappa shape index (κ1) is 13.4. The highest BCUT2D eigenvalue weighted by molar-refractivity contribution is 6.17. The van der Waals surface area contributed by atoms with Crippen LogP contribution >= 0.6 is 0 Å². The summed E-state index contributed by atoms with van der Waals surface area (Å²) in [5.41, 5.74) is -0.427. The van der Waals surface area contributed by atoms with Gasteiger partial charge in [-0.05, 0) is 6.07 Å². The van der Waals surface area contributed by atoms with E-state index >= 15 is 0 Å². The van der Waals surface area contributed by atoms with Gasteiger partial charge in [-0.2, -0.15) is 0 Å². The normalized spacial score (nSPS) is 9.44. The fourth-order valence-corrected chi connectivity index (χ4v) is 1.08. The first-order chi connectivity index (χ1) is 8.49. The molecule has 0 N–H and O–H groups in total. The molecular formula is C10H9NO7. The molecule has 1 rings (SSSR count). The van der Waals surface area contributed by atoms with Crippen LogP contribution in [0, 0.1) is 10.1 Å². The average molecular weight is 255 g/mol. The predicted octanol–water partition coefficient (Wildman–Crippen LogP) is 0.917. The van der Waals surface area contributed by atoms with Gasteiger partial charge in [0.2, 0.25) is 0 Å². The van der Waals surface area contributed by atoms with Gasteiger partial charge in [0.15, 0.2) is 0 Å². The number of hydrogen-bond acceptors (Lipinski definition) is 7. The van der Waals surface area contributed by atoms with Crippen LogP contribution in [0.2, 0.25) is 0 Å². The number of nitro groups is 1. The highest BCUT2D eigenvalue weighted by Crippen LogP contribution is 2.18. The Morgan fingerprint density at radius 1 is 1.28 bits per heavy atom. The second kappa shape index (κ2) is 5.62. The van der Waals surface area contributed by atoms with Crippen LogP contribution in [0.3, 0.4) is 0 Å². The Bertz CT molecular complexity index is 496. The molecule has 0 atom stereocenters. The fourth-order valence-electron chi connectivity index (χ4n) is 1.08. The Kier molecular flexibility index (Phi) is 4.19. The van der Waals surface area contributed by atoms with E-state index in [0.717, 1.165) is 26.4 Å². The lowest BCUT2D eigenvalue weighted by atomic mass is 10.2. The maximum Gasteiger partial charge on any atom is 0.433 e. The zero-order chi connectivity index (χ0) is 13.7. The van der Waals surface area contributed by atoms with Gasteiger partial charge in [0, 0.05) is 6.08 Å². The van der Waals surface area contributed by atoms with Crippen LogP contribution in [0.25, 0.3) is 6.08 Å². The predicted molar refractivity (Wildman–Crippen MR) is 57.4 cm³/mol. The Hall–Kier alpha value is -2.64. The Labute approximate surface area is 101 Å². The van der Waals surface area contributed by atoms with Gasteiger partial charge < -0.3 is 13.9 Å². The van der Waals surface area contributed by atoms with Crippen molar-refractivity contribution in [2.24, 2.45) is 0 Å². The smallest absolute Gasteiger partial charge is 0.433 e. The lowest BCUT2D eigenvalue weighted by molar-refractivity contribution is -0.402. The quantitative estimate of drug-likeness (QED) is 0.196. The average Bonchev–Trinajstić information content (AvgIpc) is 2.82. The van der Waals surface area contributed by atoms with Crippen LogP contribution in [0.15, 0.2) is 22.1 Å². The van der Waals surface area contributed by atoms with Crippen LogP contribution in [-0.4, -0.2) is 31.1 Å². The van der Waals surface area contributed by atoms with Crippen molar-refractivity contribution in [3.63, 3.8) is 0 Å². The second-order valence-electron chi connectivity index (χ2n) is 2.97. The zero-order valence-electron chi connectivity index (χ0n) is 9.54. The van der Waals surface area contributed by atoms with Gasteiger partial charge >= 0.3 is 17.8 Å². The van der Waals surface area contributed by atoms with Crippen molar-refractivity contribution in [2.75, 3.05) is 14.2 Å². The third-order valence-electron chi connectivity index (χ3n) is 1.89. The maximum atomic E-state index is 11.3. The number of furan rings is 1. The van der Waals surface area contributed by atoms with Gasteiger partial charge in [-0.3, -0.25) is 10.1 Å². The van der Waals surface area contributed by atoms with Crippen LogP contribution in [-0.2, 0) is 19.1 Å². The topological polar surface area (TPSA) is 109 Å². The molecule has 1 aromatic rings. The molecule has 0 unspecified atom stereocenters. The number of carbonyl (C=O) groups excluding carboxylic acids is 2. The van der Waals surface area contributed by atoms with E-state index in [1.807, 2.05) is 0 Å². The summed E-state index contributed by atoms with van der Waals surface area (Å²) in [4.78, 5) is 32.2. The largest absolute Gasteiger partial charge is 0.465 e. The van der Waals surface area contributed by atoms with Crippen LogP contribution in [0.1, 0.15) is 5.76 Å². The van der Waals surface area contributed by atoms with Crippen molar-refractivity contribution in [3.05, 3.63) is 33.6 Å². The molecule has 0 saturated heterocycles. The van der Waals surface area contributed by atoms with Gasteiger partial charge in [0.25, 0.3) is 0 Å². The van der Waals surface area contributed by atoms with E-state index in [1.165, 1.54) is 6.07 Å². The van der Waals surface area contributed by atoms with Crippen molar-refractivity contribution in [3.8, 4) is 0 Å². The Morgan fingerprint density at radius 2 is 1.83 bits per heavy atom. The molecule has 0 aliphatic carbocycles. The molecule has 0 fully saturated rings. The van der Waals surface area contributed by atoms with Gasteiger partial charge in [-0.25, -0.2) is 9.59 Å². The summed E-state index contributed by atoms with van der Waals surface area (Å²) in [5.74, 6) is -2.40. The number of methoxy groups -OCH3 is 2. The van der Waals surface area contributed by atoms with Gasteiger partial charge in [0.05, 0.1) is 20.3 Å². The van der Waals surface area contributed by atoms with E-state index < -0.39 is 28.3 Å². The molecule has 0 radical (unpaired) electrons. The van der Waals surface area contributed by atoms with Crippen LogP contribution < -0.4 is 0 Å². The molecular weight excluding hydrogens is 246 g/mol. The van der Waals surface area contributed by atoms with Crippen molar-refractivity contribution in [2.45, 2.75) is 0 Å². The third kappa shape index (κ3) is 2.94. The van der Waals surface area contributed by atoms with E-state index in [-0.39, 0.29) is 5.76 Å². The van der Waals surface area contributed by atoms with Crippen LogP contribution in [0.5, 0.6) is 0 Å². The lowest BCUT2D eigenvalue weighted by Crippen LogP contribution is -2.15. The van der Waals surface area contributed by atoms with Crippen molar-refractivity contribution in [1.29, 1.82) is 0 Å². The van der Waals surface area contributed by atoms with Crippen molar-refractivity contribution < 1.29 is 28.4 Å². The Balaban J connectivity index is 3.10. The molecule has 8 nitrogen and oxygen atoms in total. The minimum atomic E-state index is -0.930. The first-order valence-corrected chi connectivity index (χ1v) is 4.62. The van der Waals surface area contributed by atoms with E-state index in [4.69, 9.17) is 4.42 Å². The lowest BCUT2D eigenvalue weighted by Gasteiger charge is -2.01. The molecule has 0 amide bonds. The van der Waals surface area contributed by atoms with E-state index in [9.17, 15) is 19.7 Å². The second-order valence-corrected chi connectivity index (χ2v) is 2.97. The number of nitrogens with zero attached hydrogens (tertiary/aromatic N) is 1. The summed E-state index contributed by atoms with van der Waals surface area (Å²) >= 11 is 0. The van der Waals surface area contributed by atoms with Crippen LogP contribution in [0.4, 0.5) is 5.88 Å². The zero-order valence-corrected chi connectivity index (χ0v) is 9.54. The summed E-state index contributed by atoms with van der Waals surface area (Å²) in [7, 11) is 2.17. The Morgan fingerprint density at radius 3 is 2.22 bits per heavy atom. The van der Waals surface area contributed by atoms with Crippen molar-refractivity contribution >= 4 is 23.9 Å². The number of carbonyl (C=O) groups is 2. The standard InChI is InChI=1S/C10H9NO7/c1-16-9(12)7(10(13)17-2)5-6-3-4-8(18-6)11(14)15/h3-5H,1-2H3. The fraction of sp³-hybridized carbons (Fsp3) is 0.200. The summed E-state index contributed by atoms with van der Waals surface area (Å²) in [6.07, 6.45) is 1.00. The molecule has 0 spiro atoms. The molecule has 0 saturated carbocycles. The van der Waals surface area contributed by atoms with Gasteiger partial charge in [-0.15, -0.1) is 0 Å². The molecule has 96 valence electrons. The van der Waals surface area contributed by atoms with E-state index in [1.54, 1.807) is 0 Å². The summed E-state index contributed by atoms with van der Waals surface area (Å²) in [6.45, 7) is 0. The molecule has 18 heavy (non-hydrogen) atoms. The monoisotopic (exact) mass is 255 g/mol. The minimum absolute atomic E-state index is 0.0347. The number of ether oxygens (including phenoxy) is 2. The van der Waals surface area contributed by atoms with E-state index in [0.29, 0.717) is 0 Å².